The molecule has 0 aliphatic carbocycles. The summed E-state index contributed by atoms with van der Waals surface area (Å²) in [5.74, 6) is 0.967. The van der Waals surface area contributed by atoms with Gasteiger partial charge >= 0.3 is 0 Å². The third-order valence-electron chi connectivity index (χ3n) is 3.72. The van der Waals surface area contributed by atoms with Crippen LogP contribution < -0.4 is 9.64 Å². The van der Waals surface area contributed by atoms with Crippen molar-refractivity contribution >= 4 is 11.6 Å². The minimum atomic E-state index is -0.00124. The van der Waals surface area contributed by atoms with Crippen molar-refractivity contribution in [3.8, 4) is 5.75 Å². The van der Waals surface area contributed by atoms with Gasteiger partial charge in [0.25, 0.3) is 0 Å². The zero-order chi connectivity index (χ0) is 13.4. The summed E-state index contributed by atoms with van der Waals surface area (Å²) < 4.78 is 11.1. The number of fused-ring (bicyclic) bond motifs is 1. The number of amides is 1. The first kappa shape index (κ1) is 12.5. The summed E-state index contributed by atoms with van der Waals surface area (Å²) in [6, 6.07) is 5.99. The molecule has 1 saturated heterocycles. The lowest BCUT2D eigenvalue weighted by Crippen LogP contribution is -2.45. The highest BCUT2D eigenvalue weighted by Gasteiger charge is 2.33. The topological polar surface area (TPSA) is 38.8 Å². The molecule has 4 nitrogen and oxygen atoms in total. The van der Waals surface area contributed by atoms with Crippen LogP contribution in [-0.4, -0.2) is 31.8 Å². The van der Waals surface area contributed by atoms with Gasteiger partial charge < -0.3 is 14.4 Å². The molecule has 0 unspecified atom stereocenters. The van der Waals surface area contributed by atoms with Gasteiger partial charge in [0.05, 0.1) is 24.8 Å². The molecule has 0 N–H and O–H groups in total. The summed E-state index contributed by atoms with van der Waals surface area (Å²) in [4.78, 5) is 14.5. The Balaban J connectivity index is 1.93. The first-order chi connectivity index (χ1) is 9.15. The quantitative estimate of drug-likeness (QED) is 0.777. The second kappa shape index (κ2) is 4.85. The van der Waals surface area contributed by atoms with Crippen LogP contribution in [0.3, 0.4) is 0 Å². The number of hydrogen-bond acceptors (Lipinski definition) is 3. The molecule has 3 rings (SSSR count). The standard InChI is InChI=1S/C15H19NO3/c1-10-3-4-14-13(7-10)16(8-11(2)19-14)15(17)12-5-6-18-9-12/h3-4,7,11-12H,5-6,8-9H2,1-2H3/t11-,12+/m0/s1. The summed E-state index contributed by atoms with van der Waals surface area (Å²) in [5, 5.41) is 0. The van der Waals surface area contributed by atoms with E-state index in [2.05, 4.69) is 0 Å². The summed E-state index contributed by atoms with van der Waals surface area (Å²) >= 11 is 0. The van der Waals surface area contributed by atoms with Crippen LogP contribution in [0.15, 0.2) is 18.2 Å². The van der Waals surface area contributed by atoms with Crippen LogP contribution in [0.1, 0.15) is 18.9 Å². The van der Waals surface area contributed by atoms with Crippen molar-refractivity contribution in [2.45, 2.75) is 26.4 Å². The van der Waals surface area contributed by atoms with E-state index < -0.39 is 0 Å². The predicted octanol–water partition coefficient (Wildman–Crippen LogP) is 2.15. The summed E-state index contributed by atoms with van der Waals surface area (Å²) in [6.07, 6.45) is 0.854. The number of carbonyl (C=O) groups excluding carboxylic acids is 1. The van der Waals surface area contributed by atoms with Crippen LogP contribution in [-0.2, 0) is 9.53 Å². The fraction of sp³-hybridized carbons (Fsp3) is 0.533. The van der Waals surface area contributed by atoms with Crippen LogP contribution in [0.25, 0.3) is 0 Å². The smallest absolute Gasteiger partial charge is 0.232 e. The number of anilines is 1. The molecule has 0 radical (unpaired) electrons. The molecule has 0 spiro atoms. The molecule has 2 heterocycles. The molecule has 1 amide bonds. The molecule has 2 aliphatic rings. The SMILES string of the molecule is Cc1ccc2c(c1)N(C(=O)[C@@H]1CCOC1)C[C@H](C)O2. The lowest BCUT2D eigenvalue weighted by molar-refractivity contribution is -0.122. The first-order valence-corrected chi connectivity index (χ1v) is 6.81. The average Bonchev–Trinajstić information content (AvgIpc) is 2.91. The van der Waals surface area contributed by atoms with E-state index in [0.717, 1.165) is 23.4 Å². The highest BCUT2D eigenvalue weighted by Crippen LogP contribution is 2.35. The van der Waals surface area contributed by atoms with Crippen LogP contribution in [0.5, 0.6) is 5.75 Å². The molecule has 1 aromatic rings. The number of aryl methyl sites for hydroxylation is 1. The van der Waals surface area contributed by atoms with Gasteiger partial charge in [-0.05, 0) is 38.0 Å². The minimum Gasteiger partial charge on any atom is -0.487 e. The van der Waals surface area contributed by atoms with Crippen molar-refractivity contribution in [2.24, 2.45) is 5.92 Å². The van der Waals surface area contributed by atoms with Gasteiger partial charge in [-0.2, -0.15) is 0 Å². The first-order valence-electron chi connectivity index (χ1n) is 6.81. The third-order valence-corrected chi connectivity index (χ3v) is 3.72. The fourth-order valence-corrected chi connectivity index (χ4v) is 2.71. The normalized spacial score (nSPS) is 25.9. The number of ether oxygens (including phenoxy) is 2. The van der Waals surface area contributed by atoms with Crippen LogP contribution in [0.4, 0.5) is 5.69 Å². The number of nitrogens with zero attached hydrogens (tertiary/aromatic N) is 1. The molecule has 2 aliphatic heterocycles. The Bertz CT molecular complexity index is 494. The van der Waals surface area contributed by atoms with Gasteiger partial charge in [-0.1, -0.05) is 6.07 Å². The predicted molar refractivity (Wildman–Crippen MR) is 72.5 cm³/mol. The van der Waals surface area contributed by atoms with Gasteiger partial charge in [0.2, 0.25) is 5.91 Å². The maximum absolute atomic E-state index is 12.6. The van der Waals surface area contributed by atoms with Gasteiger partial charge in [0.1, 0.15) is 11.9 Å². The van der Waals surface area contributed by atoms with E-state index in [4.69, 9.17) is 9.47 Å². The largest absolute Gasteiger partial charge is 0.487 e. The van der Waals surface area contributed by atoms with Crippen molar-refractivity contribution in [3.05, 3.63) is 23.8 Å². The molecule has 19 heavy (non-hydrogen) atoms. The van der Waals surface area contributed by atoms with E-state index in [-0.39, 0.29) is 17.9 Å². The number of rotatable bonds is 1. The van der Waals surface area contributed by atoms with Gasteiger partial charge in [0, 0.05) is 6.61 Å². The Morgan fingerprint density at radius 1 is 1.42 bits per heavy atom. The second-order valence-electron chi connectivity index (χ2n) is 5.41. The second-order valence-corrected chi connectivity index (χ2v) is 5.41. The van der Waals surface area contributed by atoms with Gasteiger partial charge in [-0.25, -0.2) is 0 Å². The zero-order valence-corrected chi connectivity index (χ0v) is 11.4. The monoisotopic (exact) mass is 261 g/mol. The average molecular weight is 261 g/mol. The summed E-state index contributed by atoms with van der Waals surface area (Å²) in [7, 11) is 0. The van der Waals surface area contributed by atoms with Crippen molar-refractivity contribution in [1.82, 2.24) is 0 Å². The molecule has 102 valence electrons. The fourth-order valence-electron chi connectivity index (χ4n) is 2.71. The van der Waals surface area contributed by atoms with E-state index in [9.17, 15) is 4.79 Å². The molecule has 0 aromatic heterocycles. The molecule has 2 atom stereocenters. The van der Waals surface area contributed by atoms with Crippen LogP contribution >= 0.6 is 0 Å². The summed E-state index contributed by atoms with van der Waals surface area (Å²) in [6.45, 7) is 5.88. The van der Waals surface area contributed by atoms with Gasteiger partial charge in [-0.15, -0.1) is 0 Å². The summed E-state index contributed by atoms with van der Waals surface area (Å²) in [5.41, 5.74) is 2.03. The maximum Gasteiger partial charge on any atom is 0.232 e. The van der Waals surface area contributed by atoms with Crippen molar-refractivity contribution in [3.63, 3.8) is 0 Å². The lowest BCUT2D eigenvalue weighted by Gasteiger charge is -2.34. The molecule has 0 saturated carbocycles. The zero-order valence-electron chi connectivity index (χ0n) is 11.4. The van der Waals surface area contributed by atoms with Crippen molar-refractivity contribution in [1.29, 1.82) is 0 Å². The van der Waals surface area contributed by atoms with Crippen LogP contribution in [0.2, 0.25) is 0 Å². The lowest BCUT2D eigenvalue weighted by atomic mass is 10.0. The van der Waals surface area contributed by atoms with E-state index in [1.165, 1.54) is 0 Å². The van der Waals surface area contributed by atoms with Crippen molar-refractivity contribution in [2.75, 3.05) is 24.7 Å². The van der Waals surface area contributed by atoms with E-state index >= 15 is 0 Å². The minimum absolute atomic E-state index is 0.00124. The maximum atomic E-state index is 12.6. The van der Waals surface area contributed by atoms with Gasteiger partial charge in [0.15, 0.2) is 0 Å². The van der Waals surface area contributed by atoms with Crippen LogP contribution in [0, 0.1) is 12.8 Å². The molecule has 1 aromatic carbocycles. The van der Waals surface area contributed by atoms with Gasteiger partial charge in [-0.3, -0.25) is 4.79 Å². The molecular formula is C15H19NO3. The Morgan fingerprint density at radius 2 is 2.26 bits per heavy atom. The van der Waals surface area contributed by atoms with E-state index in [0.29, 0.717) is 19.8 Å². The Labute approximate surface area is 113 Å². The number of hydrogen-bond donors (Lipinski definition) is 0. The molecule has 4 heteroatoms. The third kappa shape index (κ3) is 2.32. The number of carbonyl (C=O) groups is 1. The van der Waals surface area contributed by atoms with Crippen molar-refractivity contribution < 1.29 is 14.3 Å². The van der Waals surface area contributed by atoms with E-state index in [1.807, 2.05) is 36.9 Å². The highest BCUT2D eigenvalue weighted by atomic mass is 16.5. The molecule has 0 bridgehead atoms. The molecule has 1 fully saturated rings. The Morgan fingerprint density at radius 3 is 3.00 bits per heavy atom. The Kier molecular flexibility index (Phi) is 3.19. The highest BCUT2D eigenvalue weighted by molar-refractivity contribution is 5.97. The number of benzene rings is 1. The van der Waals surface area contributed by atoms with E-state index in [1.54, 1.807) is 0 Å². The Hall–Kier alpha value is -1.55. The molecular weight excluding hydrogens is 242 g/mol.